The molecule has 0 aliphatic rings. The van der Waals surface area contributed by atoms with Crippen molar-refractivity contribution < 1.29 is 4.92 Å². The first kappa shape index (κ1) is 14.4. The number of nitro groups is 1. The fourth-order valence-electron chi connectivity index (χ4n) is 1.78. The van der Waals surface area contributed by atoms with Gasteiger partial charge in [-0.15, -0.1) is 11.3 Å². The van der Waals surface area contributed by atoms with Crippen LogP contribution in [-0.4, -0.2) is 19.9 Å². The molecule has 0 spiro atoms. The molecule has 7 nitrogen and oxygen atoms in total. The van der Waals surface area contributed by atoms with Crippen LogP contribution in [0.2, 0.25) is 5.15 Å². The second-order valence-corrected chi connectivity index (χ2v) is 5.36. The van der Waals surface area contributed by atoms with Crippen LogP contribution >= 0.6 is 22.9 Å². The van der Waals surface area contributed by atoms with E-state index in [2.05, 4.69) is 20.3 Å². The van der Waals surface area contributed by atoms with E-state index < -0.39 is 4.92 Å². The summed E-state index contributed by atoms with van der Waals surface area (Å²) in [6.45, 7) is 0. The van der Waals surface area contributed by atoms with E-state index in [4.69, 9.17) is 11.6 Å². The van der Waals surface area contributed by atoms with E-state index >= 15 is 0 Å². The summed E-state index contributed by atoms with van der Waals surface area (Å²) in [5.41, 5.74) is 1.36. The van der Waals surface area contributed by atoms with Crippen LogP contribution in [0.5, 0.6) is 0 Å². The number of hydrogen-bond acceptors (Lipinski definition) is 7. The van der Waals surface area contributed by atoms with Crippen molar-refractivity contribution in [1.29, 1.82) is 0 Å². The molecule has 110 valence electrons. The molecule has 0 unspecified atom stereocenters. The summed E-state index contributed by atoms with van der Waals surface area (Å²) < 4.78 is 0. The highest BCUT2D eigenvalue weighted by Gasteiger charge is 2.22. The second kappa shape index (κ2) is 6.04. The van der Waals surface area contributed by atoms with Gasteiger partial charge >= 0.3 is 5.69 Å². The molecule has 3 aromatic rings. The Balaban J connectivity index is 1.91. The Hall–Kier alpha value is -2.58. The maximum atomic E-state index is 11.0. The largest absolute Gasteiger partial charge is 0.348 e. The minimum atomic E-state index is -0.629. The predicted octanol–water partition coefficient (Wildman–Crippen LogP) is 3.91. The molecule has 1 aromatic carbocycles. The Labute approximate surface area is 133 Å². The average Bonchev–Trinajstić information content (AvgIpc) is 2.96. The lowest BCUT2D eigenvalue weighted by Crippen LogP contribution is -2.01. The summed E-state index contributed by atoms with van der Waals surface area (Å²) in [4.78, 5) is 22.3. The number of halogens is 1. The van der Waals surface area contributed by atoms with E-state index in [-0.39, 0.29) is 16.7 Å². The van der Waals surface area contributed by atoms with E-state index in [1.54, 1.807) is 0 Å². The van der Waals surface area contributed by atoms with E-state index in [1.807, 2.05) is 35.7 Å². The van der Waals surface area contributed by atoms with Crippen LogP contribution in [0, 0.1) is 10.1 Å². The van der Waals surface area contributed by atoms with Gasteiger partial charge in [-0.2, -0.15) is 0 Å². The molecule has 2 aromatic heterocycles. The molecule has 0 atom stereocenters. The summed E-state index contributed by atoms with van der Waals surface area (Å²) in [6.07, 6.45) is 1.16. The summed E-state index contributed by atoms with van der Waals surface area (Å²) in [7, 11) is 0. The van der Waals surface area contributed by atoms with Gasteiger partial charge in [0.25, 0.3) is 0 Å². The van der Waals surface area contributed by atoms with Gasteiger partial charge in [-0.1, -0.05) is 41.9 Å². The highest BCUT2D eigenvalue weighted by Crippen LogP contribution is 2.32. The molecule has 0 saturated carbocycles. The Kier molecular flexibility index (Phi) is 3.94. The molecule has 9 heteroatoms. The monoisotopic (exact) mass is 333 g/mol. The highest BCUT2D eigenvalue weighted by molar-refractivity contribution is 7.14. The normalized spacial score (nSPS) is 10.4. The molecular formula is C13H8ClN5O2S. The first-order valence-corrected chi connectivity index (χ1v) is 7.34. The molecule has 0 saturated heterocycles. The molecule has 0 bridgehead atoms. The van der Waals surface area contributed by atoms with Crippen molar-refractivity contribution in [3.8, 4) is 11.3 Å². The topological polar surface area (TPSA) is 93.8 Å². The molecule has 1 N–H and O–H groups in total. The fraction of sp³-hybridized carbons (Fsp3) is 0. The van der Waals surface area contributed by atoms with Crippen LogP contribution in [0.25, 0.3) is 11.3 Å². The van der Waals surface area contributed by atoms with Crippen LogP contribution in [0.1, 0.15) is 0 Å². The number of rotatable bonds is 4. The summed E-state index contributed by atoms with van der Waals surface area (Å²) in [5.74, 6) is 0.0129. The molecule has 0 radical (unpaired) electrons. The number of benzene rings is 1. The van der Waals surface area contributed by atoms with Gasteiger partial charge in [0.1, 0.15) is 6.33 Å². The smallest absolute Gasteiger partial charge is 0.310 e. The molecule has 3 rings (SSSR count). The van der Waals surface area contributed by atoms with Crippen molar-refractivity contribution in [2.75, 3.05) is 5.32 Å². The van der Waals surface area contributed by atoms with Crippen LogP contribution < -0.4 is 5.32 Å². The lowest BCUT2D eigenvalue weighted by Gasteiger charge is -2.02. The van der Waals surface area contributed by atoms with Crippen LogP contribution in [0.15, 0.2) is 42.0 Å². The summed E-state index contributed by atoms with van der Waals surface area (Å²) >= 11 is 7.06. The van der Waals surface area contributed by atoms with Crippen molar-refractivity contribution >= 4 is 39.6 Å². The van der Waals surface area contributed by atoms with E-state index in [0.717, 1.165) is 17.6 Å². The zero-order valence-corrected chi connectivity index (χ0v) is 12.5. The van der Waals surface area contributed by atoms with Crippen LogP contribution in [0.3, 0.4) is 0 Å². The second-order valence-electron chi connectivity index (χ2n) is 4.15. The van der Waals surface area contributed by atoms with Gasteiger partial charge in [0.15, 0.2) is 5.13 Å². The van der Waals surface area contributed by atoms with Crippen molar-refractivity contribution in [1.82, 2.24) is 15.0 Å². The van der Waals surface area contributed by atoms with Crippen LogP contribution in [-0.2, 0) is 0 Å². The molecule has 22 heavy (non-hydrogen) atoms. The van der Waals surface area contributed by atoms with Crippen molar-refractivity contribution in [2.45, 2.75) is 0 Å². The Morgan fingerprint density at radius 3 is 2.73 bits per heavy atom. The Bertz CT molecular complexity index is 824. The molecular weight excluding hydrogens is 326 g/mol. The van der Waals surface area contributed by atoms with E-state index in [1.165, 1.54) is 11.3 Å². The van der Waals surface area contributed by atoms with E-state index in [0.29, 0.717) is 5.13 Å². The SMILES string of the molecule is O=[N+]([O-])c1c(Cl)ncnc1Nc1nc(-c2ccccc2)cs1. The first-order valence-electron chi connectivity index (χ1n) is 6.08. The minimum Gasteiger partial charge on any atom is -0.310 e. The Morgan fingerprint density at radius 2 is 2.00 bits per heavy atom. The fourth-order valence-corrected chi connectivity index (χ4v) is 2.71. The van der Waals surface area contributed by atoms with Gasteiger partial charge < -0.3 is 5.32 Å². The van der Waals surface area contributed by atoms with Gasteiger partial charge in [-0.25, -0.2) is 15.0 Å². The highest BCUT2D eigenvalue weighted by atomic mass is 35.5. The van der Waals surface area contributed by atoms with Crippen molar-refractivity contribution in [2.24, 2.45) is 0 Å². The van der Waals surface area contributed by atoms with Crippen LogP contribution in [0.4, 0.5) is 16.6 Å². The third kappa shape index (κ3) is 2.87. The molecule has 0 aliphatic heterocycles. The number of nitrogens with zero attached hydrogens (tertiary/aromatic N) is 4. The molecule has 2 heterocycles. The lowest BCUT2D eigenvalue weighted by atomic mass is 10.2. The lowest BCUT2D eigenvalue weighted by molar-refractivity contribution is -0.384. The maximum absolute atomic E-state index is 11.0. The predicted molar refractivity (Wildman–Crippen MR) is 84.5 cm³/mol. The summed E-state index contributed by atoms with van der Waals surface area (Å²) in [6, 6.07) is 9.61. The minimum absolute atomic E-state index is 0.0129. The third-order valence-corrected chi connectivity index (χ3v) is 3.79. The van der Waals surface area contributed by atoms with Gasteiger partial charge in [-0.05, 0) is 0 Å². The number of hydrogen-bond donors (Lipinski definition) is 1. The third-order valence-electron chi connectivity index (χ3n) is 2.76. The first-order chi connectivity index (χ1) is 10.6. The molecule has 0 amide bonds. The standard InChI is InChI=1S/C13H8ClN5O2S/c14-11-10(19(20)21)12(16-7-15-11)18-13-17-9(6-22-13)8-4-2-1-3-5-8/h1-7H,(H,15,16,17,18). The zero-order chi connectivity index (χ0) is 15.5. The molecule has 0 aliphatic carbocycles. The number of nitrogens with one attached hydrogen (secondary N) is 1. The van der Waals surface area contributed by atoms with Gasteiger partial charge in [0.05, 0.1) is 10.6 Å². The average molecular weight is 334 g/mol. The maximum Gasteiger partial charge on any atom is 0.348 e. The molecule has 0 fully saturated rings. The van der Waals surface area contributed by atoms with Crippen molar-refractivity contribution in [3.63, 3.8) is 0 Å². The number of aromatic nitrogens is 3. The van der Waals surface area contributed by atoms with Crippen molar-refractivity contribution in [3.05, 3.63) is 57.3 Å². The number of anilines is 2. The van der Waals surface area contributed by atoms with E-state index in [9.17, 15) is 10.1 Å². The zero-order valence-electron chi connectivity index (χ0n) is 10.9. The quantitative estimate of drug-likeness (QED) is 0.442. The van der Waals surface area contributed by atoms with Gasteiger partial charge in [-0.3, -0.25) is 10.1 Å². The number of thiazole rings is 1. The summed E-state index contributed by atoms with van der Waals surface area (Å²) in [5, 5.41) is 16.0. The van der Waals surface area contributed by atoms with Gasteiger partial charge in [0, 0.05) is 10.9 Å². The van der Waals surface area contributed by atoms with Gasteiger partial charge in [0.2, 0.25) is 11.0 Å². The Morgan fingerprint density at radius 1 is 1.23 bits per heavy atom.